The number of halogens is 1. The first kappa shape index (κ1) is 21.1. The van der Waals surface area contributed by atoms with Gasteiger partial charge < -0.3 is 9.30 Å². The van der Waals surface area contributed by atoms with E-state index in [1.54, 1.807) is 6.26 Å². The molecule has 0 aliphatic carbocycles. The summed E-state index contributed by atoms with van der Waals surface area (Å²) in [5.41, 5.74) is 5.51. The zero-order valence-corrected chi connectivity index (χ0v) is 19.6. The highest BCUT2D eigenvalue weighted by Gasteiger charge is 2.20. The van der Waals surface area contributed by atoms with Crippen LogP contribution in [0, 0.1) is 11.7 Å². The summed E-state index contributed by atoms with van der Waals surface area (Å²) in [5.74, 6) is 0.765. The molecule has 6 nitrogen and oxygen atoms in total. The Morgan fingerprint density at radius 2 is 1.97 bits per heavy atom. The molecule has 0 amide bonds. The summed E-state index contributed by atoms with van der Waals surface area (Å²) in [6.45, 7) is 4.90. The van der Waals surface area contributed by atoms with E-state index in [9.17, 15) is 0 Å². The quantitative estimate of drug-likeness (QED) is 0.423. The number of benzene rings is 2. The smallest absolute Gasteiger partial charge is 0.197 e. The number of aromatic nitrogens is 3. The van der Waals surface area contributed by atoms with Gasteiger partial charge >= 0.3 is 0 Å². The number of fused-ring (bicyclic) bond motifs is 2. The summed E-state index contributed by atoms with van der Waals surface area (Å²) in [6, 6.07) is 12.7. The van der Waals surface area contributed by atoms with Crippen molar-refractivity contribution in [3.05, 3.63) is 76.7 Å². The molecule has 32 heavy (non-hydrogen) atoms. The first-order chi connectivity index (χ1) is 15.5. The Labute approximate surface area is 194 Å². The zero-order valence-electron chi connectivity index (χ0n) is 18.0. The topological polar surface area (TPSA) is 67.0 Å². The molecular weight excluding hydrogens is 442 g/mol. The number of nitrogens with zero attached hydrogens (tertiary/aromatic N) is 4. The summed E-state index contributed by atoms with van der Waals surface area (Å²) in [6.07, 6.45) is 7.54. The van der Waals surface area contributed by atoms with Gasteiger partial charge in [-0.3, -0.25) is 9.68 Å². The maximum Gasteiger partial charge on any atom is 0.197 e. The highest BCUT2D eigenvalue weighted by Crippen LogP contribution is 2.35. The molecule has 4 aromatic rings. The molecule has 3 heterocycles. The van der Waals surface area contributed by atoms with Crippen LogP contribution >= 0.6 is 11.6 Å². The van der Waals surface area contributed by atoms with Crippen LogP contribution in [0.25, 0.3) is 16.6 Å². The van der Waals surface area contributed by atoms with Crippen molar-refractivity contribution < 1.29 is 4.74 Å². The van der Waals surface area contributed by atoms with E-state index in [0.29, 0.717) is 23.3 Å². The predicted octanol–water partition coefficient (Wildman–Crippen LogP) is 5.15. The van der Waals surface area contributed by atoms with Crippen LogP contribution in [0.4, 0.5) is 0 Å². The molecule has 2 aromatic heterocycles. The van der Waals surface area contributed by atoms with Crippen LogP contribution in [0.5, 0.6) is 5.75 Å². The molecule has 5 rings (SSSR count). The first-order valence-corrected chi connectivity index (χ1v) is 12.4. The van der Waals surface area contributed by atoms with Gasteiger partial charge in [0.1, 0.15) is 12.4 Å². The number of hydrogen-bond acceptors (Lipinski definition) is 5. The summed E-state index contributed by atoms with van der Waals surface area (Å²) < 4.78 is 16.0. The fraction of sp³-hybridized carbons (Fsp3) is 0.250. The summed E-state index contributed by atoms with van der Waals surface area (Å²) >= 11 is 6.67. The van der Waals surface area contributed by atoms with Gasteiger partial charge in [-0.05, 0) is 54.2 Å². The van der Waals surface area contributed by atoms with E-state index in [-0.39, 0.29) is 0 Å². The van der Waals surface area contributed by atoms with Gasteiger partial charge in [0.15, 0.2) is 5.16 Å². The van der Waals surface area contributed by atoms with Gasteiger partial charge in [0.25, 0.3) is 0 Å². The van der Waals surface area contributed by atoms with E-state index in [4.69, 9.17) is 21.1 Å². The van der Waals surface area contributed by atoms with Gasteiger partial charge in [0, 0.05) is 60.4 Å². The van der Waals surface area contributed by atoms with Gasteiger partial charge in [0.05, 0.1) is 10.5 Å². The van der Waals surface area contributed by atoms with Crippen molar-refractivity contribution in [2.75, 3.05) is 19.4 Å². The third-order valence-corrected chi connectivity index (χ3v) is 6.68. The molecule has 0 radical (unpaired) electrons. The predicted molar refractivity (Wildman–Crippen MR) is 129 cm³/mol. The van der Waals surface area contributed by atoms with E-state index in [1.807, 2.05) is 18.5 Å². The van der Waals surface area contributed by atoms with Gasteiger partial charge in [-0.1, -0.05) is 23.2 Å². The van der Waals surface area contributed by atoms with E-state index in [0.717, 1.165) is 41.2 Å². The fourth-order valence-corrected chi connectivity index (χ4v) is 4.82. The monoisotopic (exact) mass is 465 g/mol. The van der Waals surface area contributed by atoms with Gasteiger partial charge in [-0.2, -0.15) is 0 Å². The molecular formula is C24H24ClN5OS. The van der Waals surface area contributed by atoms with E-state index in [1.165, 1.54) is 10.9 Å². The number of hydrogen-bond donors (Lipinski definition) is 1. The van der Waals surface area contributed by atoms with Crippen molar-refractivity contribution in [1.82, 2.24) is 19.4 Å². The normalized spacial score (nSPS) is 15.2. The van der Waals surface area contributed by atoms with Crippen molar-refractivity contribution in [2.45, 2.75) is 25.2 Å². The standard InChI is InChI=1S/C24H24ClN5OS/c1-16-3-4-22-18(9-16)5-6-30(22)20-10-19-15-29(7-8-31-23(19)21(25)11-20)14-17-12-27-24(28-13-17)32(2)26/h3-6,9-13,26H,7-8,14-15H2,1-2H3. The minimum atomic E-state index is -0.681. The van der Waals surface area contributed by atoms with Crippen LogP contribution in [-0.2, 0) is 23.8 Å². The molecule has 8 heteroatoms. The van der Waals surface area contributed by atoms with Gasteiger partial charge in [0.2, 0.25) is 0 Å². The number of rotatable bonds is 4. The van der Waals surface area contributed by atoms with Crippen LogP contribution in [0.2, 0.25) is 5.02 Å². The summed E-state index contributed by atoms with van der Waals surface area (Å²) in [4.78, 5) is 11.0. The molecule has 0 saturated carbocycles. The molecule has 0 fully saturated rings. The van der Waals surface area contributed by atoms with Crippen molar-refractivity contribution in [2.24, 2.45) is 0 Å². The third-order valence-electron chi connectivity index (χ3n) is 5.64. The second kappa shape index (κ2) is 8.65. The largest absolute Gasteiger partial charge is 0.490 e. The average Bonchev–Trinajstić information content (AvgIpc) is 3.07. The molecule has 1 aliphatic heterocycles. The molecule has 1 atom stereocenters. The minimum Gasteiger partial charge on any atom is -0.490 e. The highest BCUT2D eigenvalue weighted by molar-refractivity contribution is 7.85. The first-order valence-electron chi connectivity index (χ1n) is 10.4. The van der Waals surface area contributed by atoms with E-state index in [2.05, 4.69) is 62.9 Å². The molecule has 1 unspecified atom stereocenters. The molecule has 1 aliphatic rings. The van der Waals surface area contributed by atoms with Crippen molar-refractivity contribution >= 4 is 33.2 Å². The lowest BCUT2D eigenvalue weighted by Crippen LogP contribution is -2.25. The number of aryl methyl sites for hydroxylation is 1. The van der Waals surface area contributed by atoms with Crippen LogP contribution < -0.4 is 4.74 Å². The maximum atomic E-state index is 7.77. The fourth-order valence-electron chi connectivity index (χ4n) is 4.11. The SMILES string of the molecule is Cc1ccc2c(ccn2-c2cc(Cl)c3c(c2)CN(Cc2cnc(S(C)=N)nc2)CCO3)c1. The van der Waals surface area contributed by atoms with Crippen LogP contribution in [0.3, 0.4) is 0 Å². The van der Waals surface area contributed by atoms with E-state index < -0.39 is 10.7 Å². The summed E-state index contributed by atoms with van der Waals surface area (Å²) in [7, 11) is -0.681. The maximum absolute atomic E-state index is 7.77. The van der Waals surface area contributed by atoms with Crippen molar-refractivity contribution in [3.8, 4) is 11.4 Å². The molecule has 2 aromatic carbocycles. The second-order valence-corrected chi connectivity index (χ2v) is 9.90. The Kier molecular flexibility index (Phi) is 5.71. The lowest BCUT2D eigenvalue weighted by Gasteiger charge is -2.19. The molecule has 0 spiro atoms. The lowest BCUT2D eigenvalue weighted by atomic mass is 10.1. The van der Waals surface area contributed by atoms with Gasteiger partial charge in [-0.15, -0.1) is 0 Å². The third kappa shape index (κ3) is 4.16. The molecule has 1 N–H and O–H groups in total. The van der Waals surface area contributed by atoms with Crippen molar-refractivity contribution in [3.63, 3.8) is 0 Å². The highest BCUT2D eigenvalue weighted by atomic mass is 35.5. The molecule has 164 valence electrons. The van der Waals surface area contributed by atoms with Crippen LogP contribution in [-0.4, -0.2) is 38.8 Å². The second-order valence-electron chi connectivity index (χ2n) is 8.11. The Morgan fingerprint density at radius 3 is 2.75 bits per heavy atom. The Bertz CT molecular complexity index is 1320. The number of nitrogens with one attached hydrogen (secondary N) is 1. The molecule has 0 bridgehead atoms. The van der Waals surface area contributed by atoms with E-state index >= 15 is 0 Å². The number of ether oxygens (including phenoxy) is 1. The zero-order chi connectivity index (χ0) is 22.2. The lowest BCUT2D eigenvalue weighted by molar-refractivity contribution is 0.219. The Balaban J connectivity index is 1.45. The van der Waals surface area contributed by atoms with Crippen LogP contribution in [0.15, 0.2) is 60.1 Å². The van der Waals surface area contributed by atoms with Crippen molar-refractivity contribution in [1.29, 1.82) is 4.78 Å². The Morgan fingerprint density at radius 1 is 1.16 bits per heavy atom. The molecule has 0 saturated heterocycles. The van der Waals surface area contributed by atoms with Gasteiger partial charge in [-0.25, -0.2) is 9.97 Å². The van der Waals surface area contributed by atoms with Crippen LogP contribution in [0.1, 0.15) is 16.7 Å². The minimum absolute atomic E-state index is 0.571. The average molecular weight is 466 g/mol. The summed E-state index contributed by atoms with van der Waals surface area (Å²) in [5, 5.41) is 2.41. The Hall–Kier alpha value is -2.74.